The van der Waals surface area contributed by atoms with Crippen molar-refractivity contribution < 1.29 is 9.53 Å². The number of amides is 1. The minimum absolute atomic E-state index is 0.0127. The Kier molecular flexibility index (Phi) is 6.88. The molecule has 0 aromatic heterocycles. The first-order chi connectivity index (χ1) is 9.24. The molecule has 0 spiro atoms. The summed E-state index contributed by atoms with van der Waals surface area (Å²) in [5, 5.41) is 3.02. The lowest BCUT2D eigenvalue weighted by Crippen LogP contribution is -2.39. The second-order valence-electron chi connectivity index (χ2n) is 5.43. The molecule has 0 aliphatic rings. The van der Waals surface area contributed by atoms with Gasteiger partial charge < -0.3 is 10.1 Å². The van der Waals surface area contributed by atoms with E-state index in [1.165, 1.54) is 0 Å². The topological polar surface area (TPSA) is 38.3 Å². The van der Waals surface area contributed by atoms with Crippen molar-refractivity contribution >= 4 is 50.6 Å². The highest BCUT2D eigenvalue weighted by Gasteiger charge is 2.18. The molecule has 1 aromatic rings. The largest absolute Gasteiger partial charge is 0.413 e. The normalized spacial score (nSPS) is 14.5. The quantitative estimate of drug-likeness (QED) is 0.424. The van der Waals surface area contributed by atoms with Crippen LogP contribution in [-0.2, 0) is 5.41 Å². The number of carbonyl (C=O) groups excluding carboxylic acids is 1. The fraction of sp³-hybridized carbons (Fsp3) is 0.500. The molecule has 2 unspecified atom stereocenters. The Morgan fingerprint density at radius 2 is 2.10 bits per heavy atom. The smallest absolute Gasteiger partial charge is 0.410 e. The third kappa shape index (κ3) is 5.66. The third-order valence-electron chi connectivity index (χ3n) is 2.67. The molecule has 1 aromatic carbocycles. The summed E-state index contributed by atoms with van der Waals surface area (Å²) in [5.41, 5.74) is 1.13. The monoisotopic (exact) mass is 423 g/mol. The van der Waals surface area contributed by atoms with Crippen LogP contribution < -0.4 is 10.1 Å². The van der Waals surface area contributed by atoms with Crippen LogP contribution in [0.15, 0.2) is 24.3 Å². The number of rotatable bonds is 4. The second-order valence-corrected chi connectivity index (χ2v) is 7.81. The first-order valence-corrected chi connectivity index (χ1v) is 8.76. The van der Waals surface area contributed by atoms with E-state index in [0.29, 0.717) is 11.1 Å². The summed E-state index contributed by atoms with van der Waals surface area (Å²) < 4.78 is 5.28. The number of carbonyl (C=O) groups is 1. The minimum atomic E-state index is -0.513. The van der Waals surface area contributed by atoms with Gasteiger partial charge in [-0.1, -0.05) is 64.8 Å². The van der Waals surface area contributed by atoms with Gasteiger partial charge in [0.15, 0.2) is 0 Å². The number of nitrogens with one attached hydrogen (secondary N) is 1. The fourth-order valence-electron chi connectivity index (χ4n) is 1.46. The first kappa shape index (κ1) is 17.9. The molecule has 0 fully saturated rings. The zero-order chi connectivity index (χ0) is 15.3. The van der Waals surface area contributed by atoms with Gasteiger partial charge in [0.25, 0.3) is 0 Å². The van der Waals surface area contributed by atoms with Crippen LogP contribution in [0, 0.1) is 0 Å². The number of thiol groups is 1. The van der Waals surface area contributed by atoms with Crippen molar-refractivity contribution in [2.75, 3.05) is 5.33 Å². The Bertz CT molecular complexity index is 463. The van der Waals surface area contributed by atoms with Gasteiger partial charge in [-0.15, -0.1) is 0 Å². The molecule has 1 amide bonds. The summed E-state index contributed by atoms with van der Waals surface area (Å²) in [6, 6.07) is 7.54. The molecular formula is C14H19Br2NO2S. The van der Waals surface area contributed by atoms with Gasteiger partial charge in [-0.05, 0) is 23.1 Å². The van der Waals surface area contributed by atoms with Crippen LogP contribution in [0.25, 0.3) is 0 Å². The highest BCUT2D eigenvalue weighted by molar-refractivity contribution is 9.12. The fourth-order valence-corrected chi connectivity index (χ4v) is 2.46. The number of hydrogen-bond acceptors (Lipinski definition) is 3. The maximum Gasteiger partial charge on any atom is 0.413 e. The van der Waals surface area contributed by atoms with E-state index in [0.717, 1.165) is 5.56 Å². The van der Waals surface area contributed by atoms with Crippen molar-refractivity contribution in [1.82, 2.24) is 5.32 Å². The van der Waals surface area contributed by atoms with Crippen molar-refractivity contribution in [3.05, 3.63) is 29.8 Å². The maximum absolute atomic E-state index is 11.8. The maximum atomic E-state index is 11.8. The Balaban J connectivity index is 2.67. The molecule has 0 aliphatic heterocycles. The van der Waals surface area contributed by atoms with Crippen molar-refractivity contribution in [2.45, 2.75) is 36.4 Å². The second kappa shape index (κ2) is 7.71. The first-order valence-electron chi connectivity index (χ1n) is 6.21. The Labute approximate surface area is 142 Å². The zero-order valence-corrected chi connectivity index (χ0v) is 15.8. The molecule has 6 heteroatoms. The molecule has 0 bridgehead atoms. The summed E-state index contributed by atoms with van der Waals surface area (Å²) in [6.45, 7) is 6.34. The minimum Gasteiger partial charge on any atom is -0.410 e. The van der Waals surface area contributed by atoms with Crippen molar-refractivity contribution in [1.29, 1.82) is 0 Å². The Hall–Kier alpha value is -0.200. The number of hydrogen-bond donors (Lipinski definition) is 2. The molecule has 0 radical (unpaired) electrons. The molecule has 1 N–H and O–H groups in total. The van der Waals surface area contributed by atoms with Gasteiger partial charge in [0.2, 0.25) is 0 Å². The molecule has 3 nitrogen and oxygen atoms in total. The summed E-state index contributed by atoms with van der Waals surface area (Å²) in [7, 11) is 0. The number of alkyl halides is 2. The molecule has 0 heterocycles. The van der Waals surface area contributed by atoms with E-state index in [1.807, 2.05) is 18.2 Å². The number of ether oxygens (including phenoxy) is 1. The van der Waals surface area contributed by atoms with Crippen molar-refractivity contribution in [3.8, 4) is 5.75 Å². The average Bonchev–Trinajstić information content (AvgIpc) is 2.36. The summed E-state index contributed by atoms with van der Waals surface area (Å²) >= 11 is 11.0. The van der Waals surface area contributed by atoms with Crippen LogP contribution in [0.3, 0.4) is 0 Å². The van der Waals surface area contributed by atoms with E-state index >= 15 is 0 Å². The zero-order valence-electron chi connectivity index (χ0n) is 11.7. The molecule has 0 aliphatic carbocycles. The molecule has 0 saturated carbocycles. The van der Waals surface area contributed by atoms with E-state index in [2.05, 4.69) is 70.6 Å². The molecule has 1 rings (SSSR count). The molecule has 112 valence electrons. The van der Waals surface area contributed by atoms with E-state index in [1.54, 1.807) is 6.07 Å². The predicted molar refractivity (Wildman–Crippen MR) is 93.6 cm³/mol. The van der Waals surface area contributed by atoms with Crippen molar-refractivity contribution in [2.24, 2.45) is 0 Å². The predicted octanol–water partition coefficient (Wildman–Crippen LogP) is 4.49. The Morgan fingerprint density at radius 1 is 1.45 bits per heavy atom. The lowest BCUT2D eigenvalue weighted by molar-refractivity contribution is 0.199. The van der Waals surface area contributed by atoms with Gasteiger partial charge in [-0.3, -0.25) is 0 Å². The van der Waals surface area contributed by atoms with Crippen LogP contribution in [0.5, 0.6) is 5.75 Å². The molecule has 2 atom stereocenters. The van der Waals surface area contributed by atoms with Crippen LogP contribution in [0.4, 0.5) is 4.79 Å². The third-order valence-corrected chi connectivity index (χ3v) is 5.98. The summed E-state index contributed by atoms with van der Waals surface area (Å²) in [4.78, 5) is 11.8. The van der Waals surface area contributed by atoms with E-state index in [-0.39, 0.29) is 15.6 Å². The lowest BCUT2D eigenvalue weighted by Gasteiger charge is -2.20. The molecule has 0 saturated heterocycles. The molecular weight excluding hydrogens is 406 g/mol. The molecule has 20 heavy (non-hydrogen) atoms. The standard InChI is InChI=1S/C14H19Br2NO2S/c1-14(2,3)9-5-4-6-10(7-9)19-13(18)17-12(20)11(16)8-15/h4-7,11-12,20H,8H2,1-3H3,(H,17,18). The van der Waals surface area contributed by atoms with Gasteiger partial charge in [0.1, 0.15) is 5.75 Å². The van der Waals surface area contributed by atoms with E-state index < -0.39 is 6.09 Å². The SMILES string of the molecule is CC(C)(C)c1cccc(OC(=O)NC(S)C(Br)CBr)c1. The highest BCUT2D eigenvalue weighted by Crippen LogP contribution is 2.25. The average molecular weight is 425 g/mol. The van der Waals surface area contributed by atoms with E-state index in [4.69, 9.17) is 4.74 Å². The van der Waals surface area contributed by atoms with Gasteiger partial charge in [-0.25, -0.2) is 4.79 Å². The van der Waals surface area contributed by atoms with Gasteiger partial charge in [0, 0.05) is 5.33 Å². The van der Waals surface area contributed by atoms with Gasteiger partial charge in [0.05, 0.1) is 10.2 Å². The van der Waals surface area contributed by atoms with E-state index in [9.17, 15) is 4.79 Å². The van der Waals surface area contributed by atoms with Crippen LogP contribution in [-0.4, -0.2) is 21.6 Å². The van der Waals surface area contributed by atoms with Crippen molar-refractivity contribution in [3.63, 3.8) is 0 Å². The van der Waals surface area contributed by atoms with Crippen LogP contribution in [0.1, 0.15) is 26.3 Å². The van der Waals surface area contributed by atoms with Crippen LogP contribution >= 0.6 is 44.5 Å². The summed E-state index contributed by atoms with van der Waals surface area (Å²) in [5.74, 6) is 0.528. The van der Waals surface area contributed by atoms with Gasteiger partial charge in [-0.2, -0.15) is 12.6 Å². The Morgan fingerprint density at radius 3 is 2.65 bits per heavy atom. The van der Waals surface area contributed by atoms with Gasteiger partial charge >= 0.3 is 6.09 Å². The van der Waals surface area contributed by atoms with Crippen LogP contribution in [0.2, 0.25) is 0 Å². The lowest BCUT2D eigenvalue weighted by atomic mass is 9.87. The number of halogens is 2. The number of benzene rings is 1. The highest BCUT2D eigenvalue weighted by atomic mass is 79.9. The summed E-state index contributed by atoms with van der Waals surface area (Å²) in [6.07, 6.45) is -0.513.